The summed E-state index contributed by atoms with van der Waals surface area (Å²) in [5.41, 5.74) is 0.658. The van der Waals surface area contributed by atoms with Gasteiger partial charge >= 0.3 is 6.03 Å². The van der Waals surface area contributed by atoms with Gasteiger partial charge in [-0.3, -0.25) is 0 Å². The summed E-state index contributed by atoms with van der Waals surface area (Å²) in [6, 6.07) is 5.21. The SMILES string of the molecule is COc1ccc(NC(=O)N2CCOCC2CC(C)C)cc1Cl. The first-order valence-electron chi connectivity index (χ1n) is 7.50. The monoisotopic (exact) mass is 326 g/mol. The van der Waals surface area contributed by atoms with E-state index < -0.39 is 0 Å². The van der Waals surface area contributed by atoms with E-state index in [0.29, 0.717) is 42.1 Å². The molecule has 0 spiro atoms. The number of ether oxygens (including phenoxy) is 2. The fraction of sp³-hybridized carbons (Fsp3) is 0.562. The van der Waals surface area contributed by atoms with Gasteiger partial charge in [-0.15, -0.1) is 0 Å². The van der Waals surface area contributed by atoms with E-state index in [1.165, 1.54) is 0 Å². The Kier molecular flexibility index (Phi) is 5.91. The standard InChI is InChI=1S/C16H23ClN2O3/c1-11(2)8-13-10-22-7-6-19(13)16(20)18-12-4-5-15(21-3)14(17)9-12/h4-5,9,11,13H,6-8,10H2,1-3H3,(H,18,20). The molecule has 0 aromatic heterocycles. The summed E-state index contributed by atoms with van der Waals surface area (Å²) in [6.07, 6.45) is 0.927. The fourth-order valence-electron chi connectivity index (χ4n) is 2.60. The molecule has 1 heterocycles. The maximum atomic E-state index is 12.5. The molecule has 1 fully saturated rings. The third kappa shape index (κ3) is 4.27. The molecule has 1 aliphatic rings. The highest BCUT2D eigenvalue weighted by molar-refractivity contribution is 6.32. The lowest BCUT2D eigenvalue weighted by atomic mass is 10.0. The van der Waals surface area contributed by atoms with Crippen LogP contribution < -0.4 is 10.1 Å². The Morgan fingerprint density at radius 2 is 2.32 bits per heavy atom. The second-order valence-electron chi connectivity index (χ2n) is 5.83. The van der Waals surface area contributed by atoms with Crippen LogP contribution in [0.4, 0.5) is 10.5 Å². The molecule has 1 N–H and O–H groups in total. The second kappa shape index (κ2) is 7.70. The Hall–Kier alpha value is -1.46. The van der Waals surface area contributed by atoms with E-state index in [0.717, 1.165) is 6.42 Å². The van der Waals surface area contributed by atoms with Crippen LogP contribution in [0.25, 0.3) is 0 Å². The summed E-state index contributed by atoms with van der Waals surface area (Å²) in [5, 5.41) is 3.37. The summed E-state index contributed by atoms with van der Waals surface area (Å²) >= 11 is 6.09. The number of halogens is 1. The van der Waals surface area contributed by atoms with E-state index >= 15 is 0 Å². The lowest BCUT2D eigenvalue weighted by Gasteiger charge is -2.36. The van der Waals surface area contributed by atoms with Crippen LogP contribution in [0.5, 0.6) is 5.75 Å². The highest BCUT2D eigenvalue weighted by Gasteiger charge is 2.27. The van der Waals surface area contributed by atoms with Gasteiger partial charge in [-0.1, -0.05) is 25.4 Å². The van der Waals surface area contributed by atoms with Crippen molar-refractivity contribution < 1.29 is 14.3 Å². The zero-order chi connectivity index (χ0) is 16.1. The average molecular weight is 327 g/mol. The van der Waals surface area contributed by atoms with Crippen LogP contribution in [0.1, 0.15) is 20.3 Å². The molecule has 6 heteroatoms. The van der Waals surface area contributed by atoms with Crippen LogP contribution in [-0.2, 0) is 4.74 Å². The lowest BCUT2D eigenvalue weighted by Crippen LogP contribution is -2.50. The van der Waals surface area contributed by atoms with Gasteiger partial charge in [0, 0.05) is 12.2 Å². The van der Waals surface area contributed by atoms with Crippen LogP contribution >= 0.6 is 11.6 Å². The van der Waals surface area contributed by atoms with E-state index in [9.17, 15) is 4.79 Å². The summed E-state index contributed by atoms with van der Waals surface area (Å²) in [7, 11) is 1.56. The number of morpholine rings is 1. The quantitative estimate of drug-likeness (QED) is 0.919. The molecule has 1 unspecified atom stereocenters. The molecule has 1 aromatic rings. The molecular formula is C16H23ClN2O3. The van der Waals surface area contributed by atoms with E-state index in [1.54, 1.807) is 25.3 Å². The van der Waals surface area contributed by atoms with Crippen LogP contribution in [0, 0.1) is 5.92 Å². The van der Waals surface area contributed by atoms with E-state index in [4.69, 9.17) is 21.1 Å². The molecule has 22 heavy (non-hydrogen) atoms. The first-order chi connectivity index (χ1) is 10.5. The van der Waals surface area contributed by atoms with Gasteiger partial charge in [-0.05, 0) is 30.5 Å². The molecule has 122 valence electrons. The number of nitrogens with zero attached hydrogens (tertiary/aromatic N) is 1. The number of carbonyl (C=O) groups excluding carboxylic acids is 1. The molecule has 5 nitrogen and oxygen atoms in total. The van der Waals surface area contributed by atoms with Crippen molar-refractivity contribution in [1.82, 2.24) is 4.90 Å². The third-order valence-corrected chi connectivity index (χ3v) is 3.93. The van der Waals surface area contributed by atoms with Gasteiger partial charge in [0.15, 0.2) is 0 Å². The normalized spacial score (nSPS) is 18.4. The van der Waals surface area contributed by atoms with Crippen molar-refractivity contribution in [3.8, 4) is 5.75 Å². The highest BCUT2D eigenvalue weighted by Crippen LogP contribution is 2.27. The predicted octanol–water partition coefficient (Wildman–Crippen LogP) is 3.63. The number of nitrogens with one attached hydrogen (secondary N) is 1. The number of rotatable bonds is 4. The maximum absolute atomic E-state index is 12.5. The Morgan fingerprint density at radius 3 is 2.95 bits per heavy atom. The summed E-state index contributed by atoms with van der Waals surface area (Å²) in [6.45, 7) is 6.06. The van der Waals surface area contributed by atoms with Gasteiger partial charge in [-0.2, -0.15) is 0 Å². The number of anilines is 1. The molecule has 0 saturated carbocycles. The van der Waals surface area contributed by atoms with Gasteiger partial charge in [0.25, 0.3) is 0 Å². The van der Waals surface area contributed by atoms with Gasteiger partial charge < -0.3 is 19.7 Å². The van der Waals surface area contributed by atoms with Crippen molar-refractivity contribution in [2.45, 2.75) is 26.3 Å². The van der Waals surface area contributed by atoms with E-state index in [1.807, 2.05) is 4.90 Å². The van der Waals surface area contributed by atoms with Crippen molar-refractivity contribution in [2.75, 3.05) is 32.2 Å². The third-order valence-electron chi connectivity index (χ3n) is 3.63. The first kappa shape index (κ1) is 16.9. The Labute approximate surface area is 136 Å². The molecule has 1 saturated heterocycles. The van der Waals surface area contributed by atoms with Crippen LogP contribution in [0.2, 0.25) is 5.02 Å². The van der Waals surface area contributed by atoms with Crippen molar-refractivity contribution in [2.24, 2.45) is 5.92 Å². The number of urea groups is 1. The fourth-order valence-corrected chi connectivity index (χ4v) is 2.86. The number of benzene rings is 1. The molecule has 1 atom stereocenters. The zero-order valence-corrected chi connectivity index (χ0v) is 14.0. The molecule has 1 aromatic carbocycles. The van der Waals surface area contributed by atoms with Gasteiger partial charge in [0.1, 0.15) is 5.75 Å². The lowest BCUT2D eigenvalue weighted by molar-refractivity contribution is 0.00857. The van der Waals surface area contributed by atoms with Crippen molar-refractivity contribution in [1.29, 1.82) is 0 Å². The Balaban J connectivity index is 2.04. The van der Waals surface area contributed by atoms with Crippen molar-refractivity contribution in [3.63, 3.8) is 0 Å². The van der Waals surface area contributed by atoms with Crippen molar-refractivity contribution in [3.05, 3.63) is 23.2 Å². The smallest absolute Gasteiger partial charge is 0.322 e. The van der Waals surface area contributed by atoms with Crippen LogP contribution in [-0.4, -0.2) is 43.8 Å². The van der Waals surface area contributed by atoms with Crippen molar-refractivity contribution >= 4 is 23.3 Å². The number of amides is 2. The summed E-state index contributed by atoms with van der Waals surface area (Å²) in [5.74, 6) is 1.10. The second-order valence-corrected chi connectivity index (χ2v) is 6.24. The van der Waals surface area contributed by atoms with E-state index in [2.05, 4.69) is 19.2 Å². The first-order valence-corrected chi connectivity index (χ1v) is 7.88. The minimum absolute atomic E-state index is 0.113. The molecular weight excluding hydrogens is 304 g/mol. The molecule has 2 amide bonds. The number of hydrogen-bond donors (Lipinski definition) is 1. The number of methoxy groups -OCH3 is 1. The largest absolute Gasteiger partial charge is 0.495 e. The average Bonchev–Trinajstić information content (AvgIpc) is 2.47. The minimum Gasteiger partial charge on any atom is -0.495 e. The van der Waals surface area contributed by atoms with Crippen LogP contribution in [0.15, 0.2) is 18.2 Å². The molecule has 0 bridgehead atoms. The van der Waals surface area contributed by atoms with Gasteiger partial charge in [0.05, 0.1) is 31.4 Å². The molecule has 2 rings (SSSR count). The summed E-state index contributed by atoms with van der Waals surface area (Å²) in [4.78, 5) is 14.4. The Morgan fingerprint density at radius 1 is 1.55 bits per heavy atom. The van der Waals surface area contributed by atoms with Gasteiger partial charge in [-0.25, -0.2) is 4.79 Å². The van der Waals surface area contributed by atoms with Gasteiger partial charge in [0.2, 0.25) is 0 Å². The molecule has 0 aliphatic carbocycles. The predicted molar refractivity (Wildman–Crippen MR) is 87.8 cm³/mol. The Bertz CT molecular complexity index is 522. The topological polar surface area (TPSA) is 50.8 Å². The maximum Gasteiger partial charge on any atom is 0.322 e. The molecule has 1 aliphatic heterocycles. The number of carbonyl (C=O) groups is 1. The highest BCUT2D eigenvalue weighted by atomic mass is 35.5. The summed E-state index contributed by atoms with van der Waals surface area (Å²) < 4.78 is 10.6. The molecule has 0 radical (unpaired) electrons. The minimum atomic E-state index is -0.116. The van der Waals surface area contributed by atoms with E-state index in [-0.39, 0.29) is 12.1 Å². The van der Waals surface area contributed by atoms with Crippen LogP contribution in [0.3, 0.4) is 0 Å². The number of hydrogen-bond acceptors (Lipinski definition) is 3. The zero-order valence-electron chi connectivity index (χ0n) is 13.3.